The Bertz CT molecular complexity index is 2960. The number of hydrogen-bond donors (Lipinski definition) is 8. The van der Waals surface area contributed by atoms with Crippen molar-refractivity contribution >= 4 is 21.6 Å². The van der Waals surface area contributed by atoms with Crippen molar-refractivity contribution < 1.29 is 50.3 Å². The van der Waals surface area contributed by atoms with E-state index in [9.17, 15) is 40.9 Å². The second-order valence-electron chi connectivity index (χ2n) is 21.9. The molecule has 0 aromatic heterocycles. The van der Waals surface area contributed by atoms with Crippen LogP contribution in [0.5, 0.6) is 0 Å². The lowest BCUT2D eigenvalue weighted by atomic mass is 9.59. The van der Waals surface area contributed by atoms with Gasteiger partial charge in [-0.05, 0) is 44.5 Å². The molecule has 2 aliphatic rings. The molecule has 0 aliphatic carbocycles. The first kappa shape index (κ1) is 57.3. The molecule has 8 aromatic carbocycles. The maximum atomic E-state index is 14.3. The highest BCUT2D eigenvalue weighted by molar-refractivity contribution is 8.77. The number of aliphatic hydroxyl groups excluding tert-OH is 2. The van der Waals surface area contributed by atoms with Crippen molar-refractivity contribution in [1.29, 1.82) is 0 Å². The monoisotopic (exact) mass is 1110 g/mol. The van der Waals surface area contributed by atoms with Crippen molar-refractivity contribution in [2.24, 2.45) is 0 Å². The first-order valence-corrected chi connectivity index (χ1v) is 29.6. The van der Waals surface area contributed by atoms with Gasteiger partial charge >= 0.3 is 0 Å². The molecule has 8 aromatic rings. The molecule has 2 heterocycles. The van der Waals surface area contributed by atoms with Crippen LogP contribution < -0.4 is 0 Å². The smallest absolute Gasteiger partial charge is 0.145 e. The summed E-state index contributed by atoms with van der Waals surface area (Å²) in [5.74, 6) is 0. The lowest BCUT2D eigenvalue weighted by Gasteiger charge is -2.63. The average molecular weight is 1110 g/mol. The Morgan fingerprint density at radius 3 is 0.725 bits per heavy atom. The standard InChI is InChI=1S/C68H70O10S2/c69-57(41-49-25-9-1-10-26-49)59-63(71,43-51-29-13-3-14-30-51)67(75,47-55-37-21-7-22-38-55)65(73,45-53-33-17-5-18-34-53)61(77-59)79-80-62-66(74,46-54-35-19-6-20-36-54)68(76,48-56-39-23-8-24-40-56)64(72,44-52-31-15-4-16-32-52)60(78-62)58(70)42-50-27-11-2-12-28-50/h1-40,57-62,69-76H,41-48H2/t57?,58?,59-,60-,61+,62+,63-,64-,65+,66+,67+,68+/m1/s1. The van der Waals surface area contributed by atoms with Crippen molar-refractivity contribution in [3.8, 4) is 0 Å². The van der Waals surface area contributed by atoms with E-state index in [2.05, 4.69) is 0 Å². The van der Waals surface area contributed by atoms with Gasteiger partial charge in [-0.15, -0.1) is 0 Å². The Morgan fingerprint density at radius 1 is 0.287 bits per heavy atom. The molecule has 80 heavy (non-hydrogen) atoms. The summed E-state index contributed by atoms with van der Waals surface area (Å²) in [5, 5.41) is 110. The summed E-state index contributed by atoms with van der Waals surface area (Å²) in [6.45, 7) is 0. The number of rotatable bonds is 21. The molecule has 12 atom stereocenters. The largest absolute Gasteiger partial charge is 0.390 e. The van der Waals surface area contributed by atoms with Gasteiger partial charge in [0.1, 0.15) is 56.7 Å². The van der Waals surface area contributed by atoms with Gasteiger partial charge in [-0.25, -0.2) is 0 Å². The molecule has 414 valence electrons. The van der Waals surface area contributed by atoms with E-state index in [0.717, 1.165) is 32.7 Å². The van der Waals surface area contributed by atoms with Crippen molar-refractivity contribution in [3.63, 3.8) is 0 Å². The van der Waals surface area contributed by atoms with Crippen LogP contribution in [0.25, 0.3) is 0 Å². The Morgan fingerprint density at radius 2 is 0.487 bits per heavy atom. The molecule has 0 bridgehead atoms. The normalized spacial score (nSPS) is 29.4. The van der Waals surface area contributed by atoms with Gasteiger partial charge in [0.2, 0.25) is 0 Å². The second-order valence-corrected chi connectivity index (χ2v) is 24.3. The van der Waals surface area contributed by atoms with Gasteiger partial charge < -0.3 is 50.3 Å². The first-order chi connectivity index (χ1) is 38.7. The van der Waals surface area contributed by atoms with E-state index in [1.165, 1.54) is 0 Å². The highest BCUT2D eigenvalue weighted by Gasteiger charge is 2.75. The van der Waals surface area contributed by atoms with Crippen molar-refractivity contribution in [2.45, 2.75) is 120 Å². The van der Waals surface area contributed by atoms with Crippen LogP contribution in [0.15, 0.2) is 243 Å². The average Bonchev–Trinajstić information content (AvgIpc) is 3.50. The molecule has 0 saturated carbocycles. The maximum absolute atomic E-state index is 14.3. The molecule has 2 unspecified atom stereocenters. The SMILES string of the molecule is OC(Cc1ccccc1)[C@H]1O[C@@H](SS[C@@H]2O[C@H](C(O)Cc3ccccc3)[C@](O)(Cc3ccccc3)[C@@](O)(Cc3ccccc3)[C@]2(O)Cc2ccccc2)[C@@](O)(Cc2ccccc2)[C@](O)(Cc2ccccc2)[C@@]1(O)Cc1ccccc1. The van der Waals surface area contributed by atoms with E-state index < -0.39 is 68.9 Å². The molecule has 2 fully saturated rings. The fourth-order valence-electron chi connectivity index (χ4n) is 12.4. The van der Waals surface area contributed by atoms with Crippen LogP contribution in [0.3, 0.4) is 0 Å². The molecular formula is C68H70O10S2. The van der Waals surface area contributed by atoms with Gasteiger partial charge in [-0.2, -0.15) is 0 Å². The summed E-state index contributed by atoms with van der Waals surface area (Å²) < 4.78 is 14.3. The van der Waals surface area contributed by atoms with Crippen LogP contribution in [-0.4, -0.2) is 110 Å². The van der Waals surface area contributed by atoms with Crippen LogP contribution in [0.1, 0.15) is 44.5 Å². The van der Waals surface area contributed by atoms with Crippen molar-refractivity contribution in [2.75, 3.05) is 0 Å². The first-order valence-electron chi connectivity index (χ1n) is 27.3. The maximum Gasteiger partial charge on any atom is 0.145 e. The number of benzene rings is 8. The third kappa shape index (κ3) is 11.6. The highest BCUT2D eigenvalue weighted by atomic mass is 33.1. The van der Waals surface area contributed by atoms with E-state index in [1.54, 1.807) is 0 Å². The summed E-state index contributed by atoms with van der Waals surface area (Å²) >= 11 is 0. The molecular weight excluding hydrogens is 1040 g/mol. The minimum Gasteiger partial charge on any atom is -0.390 e. The van der Waals surface area contributed by atoms with Crippen LogP contribution in [0, 0.1) is 0 Å². The third-order valence-electron chi connectivity index (χ3n) is 16.5. The molecule has 0 spiro atoms. The molecule has 2 aliphatic heterocycles. The van der Waals surface area contributed by atoms with Gasteiger partial charge in [0, 0.05) is 51.4 Å². The Kier molecular flexibility index (Phi) is 17.7. The third-order valence-corrected chi connectivity index (χ3v) is 19.3. The molecule has 8 N–H and O–H groups in total. The Balaban J connectivity index is 1.16. The Labute approximate surface area is 476 Å². The fourth-order valence-corrected chi connectivity index (χ4v) is 15.6. The lowest BCUT2D eigenvalue weighted by molar-refractivity contribution is -0.350. The minimum atomic E-state index is -2.53. The summed E-state index contributed by atoms with van der Waals surface area (Å²) in [4.78, 5) is 0. The molecule has 10 rings (SSSR count). The highest BCUT2D eigenvalue weighted by Crippen LogP contribution is 2.59. The van der Waals surface area contributed by atoms with E-state index in [0.29, 0.717) is 33.4 Å². The lowest BCUT2D eigenvalue weighted by Crippen LogP contribution is -2.83. The fraction of sp³-hybridized carbons (Fsp3) is 0.294. The van der Waals surface area contributed by atoms with Gasteiger partial charge in [0.05, 0.1) is 12.2 Å². The number of ether oxygens (including phenoxy) is 2. The number of hydrogen-bond acceptors (Lipinski definition) is 12. The van der Waals surface area contributed by atoms with Crippen molar-refractivity contribution in [3.05, 3.63) is 287 Å². The summed E-state index contributed by atoms with van der Waals surface area (Å²) in [7, 11) is 1.84. The van der Waals surface area contributed by atoms with Gasteiger partial charge in [-0.3, -0.25) is 0 Å². The predicted molar refractivity (Wildman–Crippen MR) is 315 cm³/mol. The van der Waals surface area contributed by atoms with Crippen molar-refractivity contribution in [1.82, 2.24) is 0 Å². The molecule has 2 saturated heterocycles. The van der Waals surface area contributed by atoms with Crippen LogP contribution in [0.4, 0.5) is 0 Å². The van der Waals surface area contributed by atoms with Crippen LogP contribution in [0.2, 0.25) is 0 Å². The van der Waals surface area contributed by atoms with E-state index in [4.69, 9.17) is 9.47 Å². The van der Waals surface area contributed by atoms with Gasteiger partial charge in [0.15, 0.2) is 0 Å². The quantitative estimate of drug-likeness (QED) is 0.0321. The second kappa shape index (κ2) is 24.6. The predicted octanol–water partition coefficient (Wildman–Crippen LogP) is 8.87. The molecule has 10 nitrogen and oxygen atoms in total. The summed E-state index contributed by atoms with van der Waals surface area (Å²) in [6, 6.07) is 73.3. The van der Waals surface area contributed by atoms with E-state index >= 15 is 0 Å². The van der Waals surface area contributed by atoms with E-state index in [-0.39, 0.29) is 51.4 Å². The van der Waals surface area contributed by atoms with Gasteiger partial charge in [0.25, 0.3) is 0 Å². The summed E-state index contributed by atoms with van der Waals surface area (Å²) in [6.07, 6.45) is -7.69. The van der Waals surface area contributed by atoms with Gasteiger partial charge in [-0.1, -0.05) is 264 Å². The zero-order valence-electron chi connectivity index (χ0n) is 44.4. The van der Waals surface area contributed by atoms with E-state index in [1.807, 2.05) is 243 Å². The zero-order valence-corrected chi connectivity index (χ0v) is 46.1. The molecule has 0 radical (unpaired) electrons. The van der Waals surface area contributed by atoms with Crippen LogP contribution in [-0.2, 0) is 60.8 Å². The summed E-state index contributed by atoms with van der Waals surface area (Å²) in [5.41, 5.74) is -12.7. The Hall–Kier alpha value is -5.94. The zero-order chi connectivity index (χ0) is 55.9. The number of aliphatic hydroxyl groups is 8. The minimum absolute atomic E-state index is 0.00171. The molecule has 0 amide bonds. The van der Waals surface area contributed by atoms with Crippen LogP contribution >= 0.6 is 21.6 Å². The molecule has 12 heteroatoms. The topological polar surface area (TPSA) is 180 Å².